The van der Waals surface area contributed by atoms with Gasteiger partial charge in [-0.1, -0.05) is 48.5 Å². The van der Waals surface area contributed by atoms with Gasteiger partial charge >= 0.3 is 0 Å². The molecule has 176 valence electrons. The lowest BCUT2D eigenvalue weighted by atomic mass is 10.2. The van der Waals surface area contributed by atoms with Crippen molar-refractivity contribution in [2.24, 2.45) is 10.9 Å². The van der Waals surface area contributed by atoms with E-state index in [0.717, 1.165) is 61.7 Å². The number of imidazole rings is 1. The molecular formula is C26H34IN5O. The highest BCUT2D eigenvalue weighted by Crippen LogP contribution is 2.30. The molecule has 1 fully saturated rings. The molecule has 6 nitrogen and oxygen atoms in total. The highest BCUT2D eigenvalue weighted by molar-refractivity contribution is 14.0. The number of para-hydroxylation sites is 1. The Morgan fingerprint density at radius 1 is 1.09 bits per heavy atom. The van der Waals surface area contributed by atoms with Crippen molar-refractivity contribution >= 4 is 29.9 Å². The Kier molecular flexibility index (Phi) is 10.1. The van der Waals surface area contributed by atoms with Crippen LogP contribution in [-0.4, -0.2) is 35.2 Å². The van der Waals surface area contributed by atoms with E-state index in [2.05, 4.69) is 57.4 Å². The number of hydrogen-bond acceptors (Lipinski definition) is 3. The molecule has 0 unspecified atom stereocenters. The van der Waals surface area contributed by atoms with Crippen LogP contribution in [-0.2, 0) is 19.5 Å². The molecule has 2 N–H and O–H groups in total. The molecule has 4 rings (SSSR count). The minimum atomic E-state index is 0. The van der Waals surface area contributed by atoms with E-state index in [1.165, 1.54) is 18.4 Å². The van der Waals surface area contributed by atoms with Gasteiger partial charge in [0.15, 0.2) is 5.96 Å². The van der Waals surface area contributed by atoms with Gasteiger partial charge in [-0.3, -0.25) is 0 Å². The Bertz CT molecular complexity index is 1000. The molecule has 33 heavy (non-hydrogen) atoms. The van der Waals surface area contributed by atoms with Gasteiger partial charge in [0.25, 0.3) is 0 Å². The summed E-state index contributed by atoms with van der Waals surface area (Å²) in [5.41, 5.74) is 2.39. The summed E-state index contributed by atoms with van der Waals surface area (Å²) in [6.07, 6.45) is 7.32. The van der Waals surface area contributed by atoms with E-state index >= 15 is 0 Å². The SMILES string of the molecule is CCNC(=NCc1ccccc1OCC1CC1)NCCc1nccn1Cc1ccccc1.I. The third-order valence-corrected chi connectivity index (χ3v) is 5.53. The van der Waals surface area contributed by atoms with Gasteiger partial charge in [-0.2, -0.15) is 0 Å². The number of nitrogens with zero attached hydrogens (tertiary/aromatic N) is 3. The number of benzene rings is 2. The number of nitrogens with one attached hydrogen (secondary N) is 2. The van der Waals surface area contributed by atoms with Gasteiger partial charge in [0, 0.05) is 44.0 Å². The zero-order chi connectivity index (χ0) is 22.0. The molecule has 0 amide bonds. The largest absolute Gasteiger partial charge is 0.493 e. The van der Waals surface area contributed by atoms with Crippen LogP contribution in [0.15, 0.2) is 72.0 Å². The highest BCUT2D eigenvalue weighted by atomic mass is 127. The van der Waals surface area contributed by atoms with E-state index in [4.69, 9.17) is 9.73 Å². The van der Waals surface area contributed by atoms with Crippen LogP contribution in [0, 0.1) is 5.92 Å². The fraction of sp³-hybridized carbons (Fsp3) is 0.385. The molecular weight excluding hydrogens is 525 g/mol. The van der Waals surface area contributed by atoms with Crippen LogP contribution in [0.2, 0.25) is 0 Å². The topological polar surface area (TPSA) is 63.5 Å². The second-order valence-electron chi connectivity index (χ2n) is 8.19. The molecule has 3 aromatic rings. The van der Waals surface area contributed by atoms with Crippen molar-refractivity contribution in [1.82, 2.24) is 20.2 Å². The average molecular weight is 559 g/mol. The zero-order valence-corrected chi connectivity index (χ0v) is 21.6. The molecule has 0 radical (unpaired) electrons. The molecule has 1 heterocycles. The van der Waals surface area contributed by atoms with Gasteiger partial charge in [0.05, 0.1) is 13.2 Å². The number of hydrogen-bond donors (Lipinski definition) is 2. The molecule has 0 saturated heterocycles. The first-order valence-electron chi connectivity index (χ1n) is 11.6. The second kappa shape index (κ2) is 13.2. The smallest absolute Gasteiger partial charge is 0.191 e. The maximum Gasteiger partial charge on any atom is 0.191 e. The van der Waals surface area contributed by atoms with E-state index in [1.807, 2.05) is 36.7 Å². The molecule has 0 bridgehead atoms. The van der Waals surface area contributed by atoms with Crippen LogP contribution < -0.4 is 15.4 Å². The van der Waals surface area contributed by atoms with Crippen molar-refractivity contribution in [2.75, 3.05) is 19.7 Å². The molecule has 1 aromatic heterocycles. The van der Waals surface area contributed by atoms with Crippen LogP contribution in [0.4, 0.5) is 0 Å². The predicted octanol–water partition coefficient (Wildman–Crippen LogP) is 4.64. The summed E-state index contributed by atoms with van der Waals surface area (Å²) in [5, 5.41) is 6.78. The van der Waals surface area contributed by atoms with E-state index in [9.17, 15) is 0 Å². The molecule has 7 heteroatoms. The first kappa shape index (κ1) is 25.1. The third kappa shape index (κ3) is 8.07. The Labute approximate surface area is 213 Å². The number of aliphatic imine (C=N–C) groups is 1. The lowest BCUT2D eigenvalue weighted by Crippen LogP contribution is -2.38. The highest BCUT2D eigenvalue weighted by Gasteiger charge is 2.22. The maximum atomic E-state index is 6.02. The van der Waals surface area contributed by atoms with Crippen molar-refractivity contribution in [3.05, 3.63) is 83.9 Å². The standard InChI is InChI=1S/C26H33N5O.HI/c1-2-27-26(30-18-23-10-6-7-11-24(23)32-20-22-12-13-22)29-15-14-25-28-16-17-31(25)19-21-8-4-3-5-9-21;/h3-11,16-17,22H,2,12-15,18-20H2,1H3,(H2,27,29,30);1H. The number of guanidine groups is 1. The molecule has 0 atom stereocenters. The van der Waals surface area contributed by atoms with E-state index < -0.39 is 0 Å². The van der Waals surface area contributed by atoms with E-state index in [-0.39, 0.29) is 24.0 Å². The summed E-state index contributed by atoms with van der Waals surface area (Å²) in [7, 11) is 0. The lowest BCUT2D eigenvalue weighted by Gasteiger charge is -2.13. The number of rotatable bonds is 11. The number of halogens is 1. The summed E-state index contributed by atoms with van der Waals surface area (Å²) < 4.78 is 8.23. The normalized spacial score (nSPS) is 13.3. The third-order valence-electron chi connectivity index (χ3n) is 5.53. The first-order chi connectivity index (χ1) is 15.8. The van der Waals surface area contributed by atoms with E-state index in [0.29, 0.717) is 6.54 Å². The summed E-state index contributed by atoms with van der Waals surface area (Å²) in [5.74, 6) is 3.56. The molecule has 1 saturated carbocycles. The lowest BCUT2D eigenvalue weighted by molar-refractivity contribution is 0.297. The molecule has 1 aliphatic rings. The predicted molar refractivity (Wildman–Crippen MR) is 144 cm³/mol. The minimum absolute atomic E-state index is 0. The van der Waals surface area contributed by atoms with E-state index in [1.54, 1.807) is 0 Å². The second-order valence-corrected chi connectivity index (χ2v) is 8.19. The van der Waals surface area contributed by atoms with Gasteiger partial charge < -0.3 is 19.9 Å². The van der Waals surface area contributed by atoms with Gasteiger partial charge in [-0.15, -0.1) is 24.0 Å². The Balaban J connectivity index is 0.00000306. The van der Waals surface area contributed by atoms with Crippen LogP contribution in [0.25, 0.3) is 0 Å². The molecule has 1 aliphatic carbocycles. The van der Waals surface area contributed by atoms with Crippen molar-refractivity contribution < 1.29 is 4.74 Å². The Morgan fingerprint density at radius 2 is 1.88 bits per heavy atom. The maximum absolute atomic E-state index is 6.02. The minimum Gasteiger partial charge on any atom is -0.493 e. The van der Waals surface area contributed by atoms with Gasteiger partial charge in [-0.25, -0.2) is 9.98 Å². The van der Waals surface area contributed by atoms with Crippen LogP contribution in [0.5, 0.6) is 5.75 Å². The molecule has 0 spiro atoms. The molecule has 2 aromatic carbocycles. The summed E-state index contributed by atoms with van der Waals surface area (Å²) >= 11 is 0. The van der Waals surface area contributed by atoms with Crippen LogP contribution in [0.3, 0.4) is 0 Å². The summed E-state index contributed by atoms with van der Waals surface area (Å²) in [6.45, 7) is 5.89. The first-order valence-corrected chi connectivity index (χ1v) is 11.6. The Hall–Kier alpha value is -2.55. The van der Waals surface area contributed by atoms with Crippen molar-refractivity contribution in [2.45, 2.75) is 39.3 Å². The van der Waals surface area contributed by atoms with Crippen molar-refractivity contribution in [3.8, 4) is 5.75 Å². The number of aromatic nitrogens is 2. The van der Waals surface area contributed by atoms with Crippen LogP contribution >= 0.6 is 24.0 Å². The van der Waals surface area contributed by atoms with Gasteiger partial charge in [0.1, 0.15) is 11.6 Å². The monoisotopic (exact) mass is 559 g/mol. The Morgan fingerprint density at radius 3 is 2.67 bits per heavy atom. The number of ether oxygens (including phenoxy) is 1. The van der Waals surface area contributed by atoms with Gasteiger partial charge in [0.2, 0.25) is 0 Å². The molecule has 0 aliphatic heterocycles. The fourth-order valence-corrected chi connectivity index (χ4v) is 3.56. The zero-order valence-electron chi connectivity index (χ0n) is 19.2. The average Bonchev–Trinajstić information content (AvgIpc) is 3.56. The quantitative estimate of drug-likeness (QED) is 0.204. The van der Waals surface area contributed by atoms with Crippen molar-refractivity contribution in [1.29, 1.82) is 0 Å². The summed E-state index contributed by atoms with van der Waals surface area (Å²) in [4.78, 5) is 9.33. The fourth-order valence-electron chi connectivity index (χ4n) is 3.56. The van der Waals surface area contributed by atoms with Gasteiger partial charge in [-0.05, 0) is 37.3 Å². The summed E-state index contributed by atoms with van der Waals surface area (Å²) in [6, 6.07) is 18.7. The van der Waals surface area contributed by atoms with Crippen molar-refractivity contribution in [3.63, 3.8) is 0 Å². The van der Waals surface area contributed by atoms with Crippen LogP contribution in [0.1, 0.15) is 36.7 Å².